The van der Waals surface area contributed by atoms with Gasteiger partial charge in [0.15, 0.2) is 0 Å². The lowest BCUT2D eigenvalue weighted by atomic mass is 10.00. The Bertz CT molecular complexity index is 387. The lowest BCUT2D eigenvalue weighted by Crippen LogP contribution is -2.26. The highest BCUT2D eigenvalue weighted by Gasteiger charge is 2.27. The zero-order chi connectivity index (χ0) is 10.7. The summed E-state index contributed by atoms with van der Waals surface area (Å²) >= 11 is 0. The fourth-order valence-electron chi connectivity index (χ4n) is 1.34. The van der Waals surface area contributed by atoms with Crippen LogP contribution in [0, 0.1) is 0 Å². The van der Waals surface area contributed by atoms with Crippen molar-refractivity contribution in [1.82, 2.24) is 9.97 Å². The largest absolute Gasteiger partial charge is 0.358 e. The molecule has 0 aliphatic carbocycles. The summed E-state index contributed by atoms with van der Waals surface area (Å²) in [6.45, 7) is 0. The van der Waals surface area contributed by atoms with Gasteiger partial charge >= 0.3 is 0 Å². The monoisotopic (exact) mass is 202 g/mol. The fourth-order valence-corrected chi connectivity index (χ4v) is 1.34. The topological polar surface area (TPSA) is 66.2 Å². The molecular weight excluding hydrogens is 192 g/mol. The van der Waals surface area contributed by atoms with Crippen molar-refractivity contribution in [2.45, 2.75) is 5.79 Å². The molecule has 0 spiro atoms. The van der Waals surface area contributed by atoms with Crippen molar-refractivity contribution in [3.63, 3.8) is 0 Å². The second-order valence-corrected chi connectivity index (χ2v) is 3.14. The summed E-state index contributed by atoms with van der Waals surface area (Å²) in [7, 11) is 0. The minimum Gasteiger partial charge on any atom is -0.358 e. The van der Waals surface area contributed by atoms with Crippen LogP contribution in [0.3, 0.4) is 0 Å². The highest BCUT2D eigenvalue weighted by atomic mass is 16.5. The third-order valence-corrected chi connectivity index (χ3v) is 2.17. The van der Waals surface area contributed by atoms with E-state index in [-0.39, 0.29) is 0 Å². The van der Waals surface area contributed by atoms with Crippen LogP contribution < -0.4 is 0 Å². The lowest BCUT2D eigenvalue weighted by Gasteiger charge is -2.21. The molecule has 0 aromatic carbocycles. The van der Waals surface area contributed by atoms with Crippen molar-refractivity contribution in [3.8, 4) is 0 Å². The van der Waals surface area contributed by atoms with E-state index in [1.54, 1.807) is 24.3 Å². The SMILES string of the molecule is OC(O)(c1ccncc1)c1ccncc1. The molecule has 0 atom stereocenters. The van der Waals surface area contributed by atoms with Gasteiger partial charge in [-0.15, -0.1) is 0 Å². The molecule has 2 N–H and O–H groups in total. The summed E-state index contributed by atoms with van der Waals surface area (Å²) in [6, 6.07) is 6.22. The molecular formula is C11H10N2O2. The van der Waals surface area contributed by atoms with E-state index < -0.39 is 5.79 Å². The molecule has 0 saturated heterocycles. The molecule has 2 rings (SSSR count). The van der Waals surface area contributed by atoms with Gasteiger partial charge in [-0.25, -0.2) is 0 Å². The van der Waals surface area contributed by atoms with Gasteiger partial charge in [0.2, 0.25) is 5.79 Å². The summed E-state index contributed by atoms with van der Waals surface area (Å²) in [6.07, 6.45) is 6.05. The Balaban J connectivity index is 2.44. The van der Waals surface area contributed by atoms with Gasteiger partial charge in [0.1, 0.15) is 0 Å². The molecule has 2 aromatic rings. The number of aliphatic hydroxyl groups is 2. The molecule has 0 radical (unpaired) electrons. The van der Waals surface area contributed by atoms with E-state index in [0.717, 1.165) is 0 Å². The van der Waals surface area contributed by atoms with Crippen molar-refractivity contribution in [3.05, 3.63) is 60.2 Å². The van der Waals surface area contributed by atoms with Gasteiger partial charge < -0.3 is 10.2 Å². The van der Waals surface area contributed by atoms with Crippen molar-refractivity contribution >= 4 is 0 Å². The van der Waals surface area contributed by atoms with Gasteiger partial charge in [0.05, 0.1) is 0 Å². The standard InChI is InChI=1S/C11H10N2O2/c14-11(15,9-1-5-12-6-2-9)10-3-7-13-8-4-10/h1-8,14-15H. The minimum absolute atomic E-state index is 0.378. The predicted octanol–water partition coefficient (Wildman–Crippen LogP) is 0.662. The summed E-state index contributed by atoms with van der Waals surface area (Å²) in [5.74, 6) is -1.99. The van der Waals surface area contributed by atoms with Crippen LogP contribution in [0.15, 0.2) is 49.1 Å². The Morgan fingerprint density at radius 2 is 1.07 bits per heavy atom. The maximum absolute atomic E-state index is 9.96. The van der Waals surface area contributed by atoms with Gasteiger partial charge in [0.25, 0.3) is 0 Å². The molecule has 15 heavy (non-hydrogen) atoms. The number of aromatic nitrogens is 2. The third-order valence-electron chi connectivity index (χ3n) is 2.17. The molecule has 4 nitrogen and oxygen atoms in total. The number of pyridine rings is 2. The van der Waals surface area contributed by atoms with Crippen molar-refractivity contribution in [2.75, 3.05) is 0 Å². The highest BCUT2D eigenvalue weighted by Crippen LogP contribution is 2.25. The van der Waals surface area contributed by atoms with Crippen LogP contribution in [0.25, 0.3) is 0 Å². The van der Waals surface area contributed by atoms with Crippen molar-refractivity contribution in [2.24, 2.45) is 0 Å². The lowest BCUT2D eigenvalue weighted by molar-refractivity contribution is -0.132. The van der Waals surface area contributed by atoms with Crippen LogP contribution in [-0.2, 0) is 5.79 Å². The first kappa shape index (κ1) is 9.76. The number of rotatable bonds is 2. The molecule has 0 unspecified atom stereocenters. The molecule has 76 valence electrons. The average molecular weight is 202 g/mol. The molecule has 0 bridgehead atoms. The Morgan fingerprint density at radius 3 is 1.40 bits per heavy atom. The van der Waals surface area contributed by atoms with Crippen LogP contribution in [0.5, 0.6) is 0 Å². The van der Waals surface area contributed by atoms with Crippen LogP contribution in [0.2, 0.25) is 0 Å². The Kier molecular flexibility index (Phi) is 2.45. The summed E-state index contributed by atoms with van der Waals surface area (Å²) in [5.41, 5.74) is 0.757. The molecule has 0 fully saturated rings. The third kappa shape index (κ3) is 1.86. The molecule has 4 heteroatoms. The average Bonchev–Trinajstić information content (AvgIpc) is 2.31. The Hall–Kier alpha value is -1.78. The number of hydrogen-bond acceptors (Lipinski definition) is 4. The van der Waals surface area contributed by atoms with Gasteiger partial charge in [-0.3, -0.25) is 9.97 Å². The molecule has 2 aromatic heterocycles. The van der Waals surface area contributed by atoms with Gasteiger partial charge in [0, 0.05) is 35.9 Å². The number of hydrogen-bond donors (Lipinski definition) is 2. The van der Waals surface area contributed by atoms with Crippen molar-refractivity contribution in [1.29, 1.82) is 0 Å². The van der Waals surface area contributed by atoms with Gasteiger partial charge in [-0.1, -0.05) is 0 Å². The first-order valence-electron chi connectivity index (χ1n) is 4.47. The molecule has 0 aliphatic heterocycles. The van der Waals surface area contributed by atoms with Crippen molar-refractivity contribution < 1.29 is 10.2 Å². The van der Waals surface area contributed by atoms with E-state index in [0.29, 0.717) is 11.1 Å². The minimum atomic E-state index is -1.99. The van der Waals surface area contributed by atoms with Crippen LogP contribution >= 0.6 is 0 Å². The smallest absolute Gasteiger partial charge is 0.217 e. The zero-order valence-corrected chi connectivity index (χ0v) is 7.91. The fraction of sp³-hybridized carbons (Fsp3) is 0.0909. The van der Waals surface area contributed by atoms with E-state index in [9.17, 15) is 10.2 Å². The van der Waals surface area contributed by atoms with E-state index in [2.05, 4.69) is 9.97 Å². The molecule has 0 amide bonds. The normalized spacial score (nSPS) is 11.3. The predicted molar refractivity (Wildman–Crippen MR) is 53.7 cm³/mol. The first-order valence-corrected chi connectivity index (χ1v) is 4.47. The van der Waals surface area contributed by atoms with E-state index in [1.165, 1.54) is 24.8 Å². The van der Waals surface area contributed by atoms with Crippen LogP contribution in [0.4, 0.5) is 0 Å². The molecule has 2 heterocycles. The van der Waals surface area contributed by atoms with Gasteiger partial charge in [-0.05, 0) is 24.3 Å². The maximum atomic E-state index is 9.96. The zero-order valence-electron chi connectivity index (χ0n) is 7.91. The first-order chi connectivity index (χ1) is 7.21. The second kappa shape index (κ2) is 3.76. The van der Waals surface area contributed by atoms with E-state index in [1.807, 2.05) is 0 Å². The summed E-state index contributed by atoms with van der Waals surface area (Å²) in [4.78, 5) is 7.64. The summed E-state index contributed by atoms with van der Waals surface area (Å²) < 4.78 is 0. The van der Waals surface area contributed by atoms with Gasteiger partial charge in [-0.2, -0.15) is 0 Å². The highest BCUT2D eigenvalue weighted by molar-refractivity contribution is 5.29. The Morgan fingerprint density at radius 1 is 0.733 bits per heavy atom. The quantitative estimate of drug-likeness (QED) is 0.702. The maximum Gasteiger partial charge on any atom is 0.217 e. The molecule has 0 aliphatic rings. The molecule has 0 saturated carbocycles. The van der Waals surface area contributed by atoms with Crippen LogP contribution in [0.1, 0.15) is 11.1 Å². The van der Waals surface area contributed by atoms with E-state index in [4.69, 9.17) is 0 Å². The number of nitrogens with zero attached hydrogens (tertiary/aromatic N) is 2. The second-order valence-electron chi connectivity index (χ2n) is 3.14. The Labute approximate surface area is 86.9 Å². The van der Waals surface area contributed by atoms with Crippen LogP contribution in [-0.4, -0.2) is 20.2 Å². The summed E-state index contributed by atoms with van der Waals surface area (Å²) in [5, 5.41) is 19.9. The van der Waals surface area contributed by atoms with E-state index >= 15 is 0 Å².